The van der Waals surface area contributed by atoms with E-state index in [1.807, 2.05) is 0 Å². The van der Waals surface area contributed by atoms with Crippen molar-refractivity contribution in [1.29, 1.82) is 0 Å². The fourth-order valence-corrected chi connectivity index (χ4v) is 1.78. The Morgan fingerprint density at radius 1 is 1.33 bits per heavy atom. The Balaban J connectivity index is 0. The molecule has 0 aliphatic heterocycles. The molecule has 0 nitrogen and oxygen atoms in total. The van der Waals surface area contributed by atoms with Gasteiger partial charge in [0.2, 0.25) is 0 Å². The molecule has 0 unspecified atom stereocenters. The van der Waals surface area contributed by atoms with E-state index >= 15 is 0 Å². The Labute approximate surface area is 125 Å². The largest absolute Gasteiger partial charge is 3.00 e. The Hall–Kier alpha value is 0.813. The van der Waals surface area contributed by atoms with Crippen LogP contribution < -0.4 is 24.8 Å². The number of halogens is 2. The topological polar surface area (TPSA) is 0 Å². The Morgan fingerprint density at radius 2 is 1.93 bits per heavy atom. The van der Waals surface area contributed by atoms with Crippen molar-refractivity contribution in [2.45, 2.75) is 39.0 Å². The maximum Gasteiger partial charge on any atom is 3.00 e. The minimum atomic E-state index is 0. The maximum atomic E-state index is 2.40. The molecule has 0 aromatic heterocycles. The van der Waals surface area contributed by atoms with Gasteiger partial charge >= 0.3 is 26.2 Å². The number of hydrogen-bond acceptors (Lipinski definition) is 0. The predicted molar refractivity (Wildman–Crippen MR) is 52.6 cm³/mol. The first-order chi connectivity index (χ1) is 5.75. The van der Waals surface area contributed by atoms with Gasteiger partial charge in [0.15, 0.2) is 0 Å². The molecule has 1 aliphatic carbocycles. The summed E-state index contributed by atoms with van der Waals surface area (Å²) in [5.41, 5.74) is 3.12. The van der Waals surface area contributed by atoms with Gasteiger partial charge in [0.25, 0.3) is 0 Å². The fraction of sp³-hybridized carbons (Fsp3) is 0.583. The third-order valence-electron chi connectivity index (χ3n) is 2.53. The quantitative estimate of drug-likeness (QED) is 0.539. The minimum Gasteiger partial charge on any atom is -1.00 e. The van der Waals surface area contributed by atoms with Crippen LogP contribution in [0, 0.1) is 5.92 Å². The summed E-state index contributed by atoms with van der Waals surface area (Å²) in [4.78, 5) is 0. The molecule has 0 saturated heterocycles. The average molecular weight is 323 g/mol. The molecule has 1 radical (unpaired) electrons. The van der Waals surface area contributed by atoms with E-state index in [0.717, 1.165) is 11.8 Å². The maximum absolute atomic E-state index is 2.40. The normalized spacial score (nSPS) is 13.8. The smallest absolute Gasteiger partial charge is 1.00 e. The van der Waals surface area contributed by atoms with Crippen LogP contribution >= 0.6 is 0 Å². The van der Waals surface area contributed by atoms with E-state index in [1.165, 1.54) is 24.8 Å². The minimum absolute atomic E-state index is 0. The molecule has 1 aromatic rings. The van der Waals surface area contributed by atoms with Crippen LogP contribution in [0.15, 0.2) is 18.2 Å². The molecule has 0 amide bonds. The van der Waals surface area contributed by atoms with Crippen LogP contribution in [-0.2, 0) is 32.6 Å². The van der Waals surface area contributed by atoms with Gasteiger partial charge in [-0.05, 0) is 12.3 Å². The Bertz CT molecular complexity index is 264. The van der Waals surface area contributed by atoms with Crippen molar-refractivity contribution in [3.8, 4) is 0 Å². The Kier molecular flexibility index (Phi) is 9.68. The van der Waals surface area contributed by atoms with Crippen molar-refractivity contribution in [3.63, 3.8) is 0 Å². The molecule has 1 saturated carbocycles. The van der Waals surface area contributed by atoms with Crippen molar-refractivity contribution < 1.29 is 51.0 Å². The number of rotatable bonds is 3. The summed E-state index contributed by atoms with van der Waals surface area (Å²) in [6.45, 7) is 4.56. The summed E-state index contributed by atoms with van der Waals surface area (Å²) in [5.74, 6) is 1.71. The van der Waals surface area contributed by atoms with Gasteiger partial charge in [0, 0.05) is 0 Å². The standard InChI is InChI=1S/C12H17.2ClH.Zr/c1-9(2)7-10-3-4-12(8-10)11-5-6-11;;;/h3-4,8-9,11H,5-7H2,1-2H3;2*1H;/q-1;;;+3/p-2. The molecule has 0 N–H and O–H groups in total. The van der Waals surface area contributed by atoms with Gasteiger partial charge in [-0.25, -0.2) is 6.07 Å². The van der Waals surface area contributed by atoms with Gasteiger partial charge in [-0.2, -0.15) is 23.3 Å². The van der Waals surface area contributed by atoms with Crippen LogP contribution in [0.2, 0.25) is 0 Å². The van der Waals surface area contributed by atoms with Gasteiger partial charge in [-0.1, -0.05) is 32.6 Å². The van der Waals surface area contributed by atoms with E-state index in [9.17, 15) is 0 Å². The molecule has 0 heterocycles. The summed E-state index contributed by atoms with van der Waals surface area (Å²) >= 11 is 0. The van der Waals surface area contributed by atoms with Crippen LogP contribution in [0.25, 0.3) is 0 Å². The summed E-state index contributed by atoms with van der Waals surface area (Å²) < 4.78 is 0. The zero-order valence-electron chi connectivity index (χ0n) is 9.26. The molecular formula is C12H17Cl2Zr. The third kappa shape index (κ3) is 5.61. The molecule has 83 valence electrons. The average Bonchev–Trinajstić information content (AvgIpc) is 2.73. The molecule has 1 fully saturated rings. The van der Waals surface area contributed by atoms with Crippen LogP contribution in [0.3, 0.4) is 0 Å². The Morgan fingerprint density at radius 3 is 2.40 bits per heavy atom. The fourth-order valence-electron chi connectivity index (χ4n) is 1.78. The van der Waals surface area contributed by atoms with Gasteiger partial charge in [-0.15, -0.1) is 0 Å². The SMILES string of the molecule is CC(C)Cc1cc(C2CC2)c[cH-]1.[Cl-].[Cl-].[Zr+3]. The van der Waals surface area contributed by atoms with Crippen molar-refractivity contribution in [2.75, 3.05) is 0 Å². The molecule has 15 heavy (non-hydrogen) atoms. The zero-order chi connectivity index (χ0) is 8.55. The monoisotopic (exact) mass is 321 g/mol. The summed E-state index contributed by atoms with van der Waals surface area (Å²) in [6, 6.07) is 7.01. The molecule has 0 atom stereocenters. The summed E-state index contributed by atoms with van der Waals surface area (Å²) in [6.07, 6.45) is 4.09. The van der Waals surface area contributed by atoms with Gasteiger partial charge in [0.05, 0.1) is 0 Å². The van der Waals surface area contributed by atoms with Crippen LogP contribution in [0.1, 0.15) is 43.7 Å². The molecule has 2 rings (SSSR count). The van der Waals surface area contributed by atoms with Crippen molar-refractivity contribution in [3.05, 3.63) is 29.3 Å². The van der Waals surface area contributed by atoms with Crippen molar-refractivity contribution >= 4 is 0 Å². The van der Waals surface area contributed by atoms with E-state index in [1.54, 1.807) is 5.56 Å². The van der Waals surface area contributed by atoms with E-state index < -0.39 is 0 Å². The van der Waals surface area contributed by atoms with Gasteiger partial charge < -0.3 is 24.8 Å². The van der Waals surface area contributed by atoms with E-state index in [4.69, 9.17) is 0 Å². The molecule has 3 heteroatoms. The molecule has 0 spiro atoms. The summed E-state index contributed by atoms with van der Waals surface area (Å²) in [7, 11) is 0. The third-order valence-corrected chi connectivity index (χ3v) is 2.53. The van der Waals surface area contributed by atoms with Crippen LogP contribution in [0.5, 0.6) is 0 Å². The summed E-state index contributed by atoms with van der Waals surface area (Å²) in [5, 5.41) is 0. The molecule has 1 aromatic carbocycles. The van der Waals surface area contributed by atoms with Crippen molar-refractivity contribution in [1.82, 2.24) is 0 Å². The van der Waals surface area contributed by atoms with Gasteiger partial charge in [0.1, 0.15) is 0 Å². The van der Waals surface area contributed by atoms with E-state index in [-0.39, 0.29) is 51.0 Å². The second kappa shape index (κ2) is 7.99. The van der Waals surface area contributed by atoms with Crippen molar-refractivity contribution in [2.24, 2.45) is 5.92 Å². The van der Waals surface area contributed by atoms with E-state index in [2.05, 4.69) is 32.0 Å². The molecule has 1 aliphatic rings. The second-order valence-electron chi connectivity index (χ2n) is 4.42. The predicted octanol–water partition coefficient (Wildman–Crippen LogP) is -2.51. The molecule has 0 bridgehead atoms. The first-order valence-electron chi connectivity index (χ1n) is 5.01. The molecular weight excluding hydrogens is 306 g/mol. The zero-order valence-corrected chi connectivity index (χ0v) is 13.2. The van der Waals surface area contributed by atoms with Crippen LogP contribution in [0.4, 0.5) is 0 Å². The first kappa shape index (κ1) is 18.2. The second-order valence-corrected chi connectivity index (χ2v) is 4.42. The first-order valence-corrected chi connectivity index (χ1v) is 5.01. The number of hydrogen-bond donors (Lipinski definition) is 0. The van der Waals surface area contributed by atoms with E-state index in [0.29, 0.717) is 0 Å². The van der Waals surface area contributed by atoms with Crippen LogP contribution in [-0.4, -0.2) is 0 Å². The van der Waals surface area contributed by atoms with Gasteiger partial charge in [-0.3, -0.25) is 0 Å².